The van der Waals surface area contributed by atoms with E-state index in [2.05, 4.69) is 0 Å². The molecule has 1 aliphatic heterocycles. The van der Waals surface area contributed by atoms with Crippen LogP contribution in [0.4, 0.5) is 0 Å². The lowest BCUT2D eigenvalue weighted by Crippen LogP contribution is -2.32. The Hall–Kier alpha value is -2.23. The third-order valence-electron chi connectivity index (χ3n) is 4.16. The number of carbonyl (C=O) groups is 1. The number of hydroxylamine groups is 2. The number of allylic oxidation sites excluding steroid dienone is 1. The summed E-state index contributed by atoms with van der Waals surface area (Å²) in [5, 5.41) is 1.92. The molecule has 0 saturated carbocycles. The van der Waals surface area contributed by atoms with Crippen LogP contribution in [0, 0.1) is 0 Å². The summed E-state index contributed by atoms with van der Waals surface area (Å²) >= 11 is 0. The van der Waals surface area contributed by atoms with Crippen LogP contribution in [0.5, 0.6) is 0 Å². The molecular weight excluding hydrogens is 298 g/mol. The zero-order valence-corrected chi connectivity index (χ0v) is 13.9. The summed E-state index contributed by atoms with van der Waals surface area (Å²) in [6.45, 7) is 2.33. The van der Waals surface area contributed by atoms with Crippen LogP contribution in [0.25, 0.3) is 11.6 Å². The van der Waals surface area contributed by atoms with E-state index in [4.69, 9.17) is 4.84 Å². The van der Waals surface area contributed by atoms with Crippen LogP contribution in [-0.2, 0) is 9.63 Å². The Morgan fingerprint density at radius 1 is 1.00 bits per heavy atom. The Morgan fingerprint density at radius 2 is 1.71 bits per heavy atom. The van der Waals surface area contributed by atoms with Gasteiger partial charge in [-0.1, -0.05) is 60.7 Å². The molecule has 24 heavy (non-hydrogen) atoms. The maximum Gasteiger partial charge on any atom is 0.164 e. The van der Waals surface area contributed by atoms with E-state index in [1.54, 1.807) is 0 Å². The van der Waals surface area contributed by atoms with Crippen molar-refractivity contribution in [1.29, 1.82) is 0 Å². The van der Waals surface area contributed by atoms with Crippen molar-refractivity contribution in [2.24, 2.45) is 0 Å². The molecule has 0 unspecified atom stereocenters. The summed E-state index contributed by atoms with van der Waals surface area (Å²) in [5.41, 5.74) is 2.77. The van der Waals surface area contributed by atoms with Gasteiger partial charge in [0.15, 0.2) is 5.78 Å². The molecule has 0 amide bonds. The van der Waals surface area contributed by atoms with Crippen LogP contribution < -0.4 is 0 Å². The first-order valence-corrected chi connectivity index (χ1v) is 8.56. The van der Waals surface area contributed by atoms with E-state index in [9.17, 15) is 4.79 Å². The monoisotopic (exact) mass is 321 g/mol. The van der Waals surface area contributed by atoms with Crippen molar-refractivity contribution in [3.63, 3.8) is 0 Å². The lowest BCUT2D eigenvalue weighted by Gasteiger charge is -2.25. The van der Waals surface area contributed by atoms with Crippen LogP contribution in [0.1, 0.15) is 30.4 Å². The number of Topliss-reactive ketones (excluding diaryl/α,β-unsaturated/α-hetero) is 1. The van der Waals surface area contributed by atoms with Crippen molar-refractivity contribution in [1.82, 2.24) is 5.06 Å². The summed E-state index contributed by atoms with van der Waals surface area (Å²) in [7, 11) is 0. The van der Waals surface area contributed by atoms with Gasteiger partial charge in [0, 0.05) is 25.1 Å². The zero-order valence-electron chi connectivity index (χ0n) is 13.9. The molecule has 1 saturated heterocycles. The Bertz CT molecular complexity index is 673. The molecule has 1 heterocycles. The van der Waals surface area contributed by atoms with Crippen molar-refractivity contribution >= 4 is 17.4 Å². The van der Waals surface area contributed by atoms with Crippen LogP contribution in [0.15, 0.2) is 60.7 Å². The second kappa shape index (κ2) is 8.57. The van der Waals surface area contributed by atoms with Crippen molar-refractivity contribution < 1.29 is 9.63 Å². The minimum absolute atomic E-state index is 0.152. The number of carbonyl (C=O) groups excluding carboxylic acids is 1. The first-order valence-electron chi connectivity index (χ1n) is 8.56. The third kappa shape index (κ3) is 4.63. The molecule has 1 fully saturated rings. The van der Waals surface area contributed by atoms with Gasteiger partial charge in [0.05, 0.1) is 6.61 Å². The van der Waals surface area contributed by atoms with Crippen molar-refractivity contribution in [3.8, 4) is 0 Å². The van der Waals surface area contributed by atoms with Crippen LogP contribution >= 0.6 is 0 Å². The second-order valence-electron chi connectivity index (χ2n) is 5.98. The Kier molecular flexibility index (Phi) is 5.94. The molecule has 0 spiro atoms. The highest BCUT2D eigenvalue weighted by atomic mass is 16.7. The quantitative estimate of drug-likeness (QED) is 0.589. The first-order chi connectivity index (χ1) is 11.8. The van der Waals surface area contributed by atoms with Crippen molar-refractivity contribution in [3.05, 3.63) is 71.8 Å². The average molecular weight is 321 g/mol. The molecule has 0 radical (unpaired) electrons. The molecule has 2 aromatic rings. The Labute approximate surface area is 143 Å². The van der Waals surface area contributed by atoms with Crippen molar-refractivity contribution in [2.75, 3.05) is 19.7 Å². The lowest BCUT2D eigenvalue weighted by atomic mass is 9.97. The highest BCUT2D eigenvalue weighted by Crippen LogP contribution is 2.21. The molecule has 124 valence electrons. The second-order valence-corrected chi connectivity index (χ2v) is 5.98. The maximum atomic E-state index is 12.8. The predicted molar refractivity (Wildman–Crippen MR) is 97.1 cm³/mol. The maximum absolute atomic E-state index is 12.8. The molecule has 0 aromatic heterocycles. The Morgan fingerprint density at radius 3 is 2.38 bits per heavy atom. The summed E-state index contributed by atoms with van der Waals surface area (Å²) in [6, 6.07) is 19.9. The van der Waals surface area contributed by atoms with Gasteiger partial charge in [-0.25, -0.2) is 0 Å². The number of nitrogens with zero attached hydrogens (tertiary/aromatic N) is 1. The summed E-state index contributed by atoms with van der Waals surface area (Å²) in [4.78, 5) is 18.4. The van der Waals surface area contributed by atoms with E-state index < -0.39 is 0 Å². The van der Waals surface area contributed by atoms with Gasteiger partial charge in [-0.15, -0.1) is 0 Å². The first kappa shape index (κ1) is 16.6. The predicted octanol–water partition coefficient (Wildman–Crippen LogP) is 4.21. The van der Waals surface area contributed by atoms with E-state index >= 15 is 0 Å². The number of hydrogen-bond donors (Lipinski definition) is 0. The molecule has 1 aliphatic rings. The number of benzene rings is 2. The minimum atomic E-state index is 0.152. The molecule has 3 heteroatoms. The highest BCUT2D eigenvalue weighted by molar-refractivity contribution is 6.25. The Balaban J connectivity index is 1.76. The SMILES string of the molecule is O=C(CCN1CCCCO1)/C(=C/c1ccccc1)c1ccccc1. The largest absolute Gasteiger partial charge is 0.299 e. The standard InChI is InChI=1S/C21H23NO2/c23-21(13-15-22-14-7-8-16-24-22)20(19-11-5-2-6-12-19)17-18-9-3-1-4-10-18/h1-6,9-12,17H,7-8,13-16H2/b20-17+. The van der Waals surface area contributed by atoms with Gasteiger partial charge in [0.1, 0.15) is 0 Å². The smallest absolute Gasteiger partial charge is 0.164 e. The van der Waals surface area contributed by atoms with Gasteiger partial charge in [-0.05, 0) is 30.0 Å². The van der Waals surface area contributed by atoms with E-state index in [0.717, 1.165) is 42.7 Å². The normalized spacial score (nSPS) is 16.1. The number of hydrogen-bond acceptors (Lipinski definition) is 3. The van der Waals surface area contributed by atoms with Crippen LogP contribution in [-0.4, -0.2) is 30.5 Å². The number of rotatable bonds is 6. The molecular formula is C21H23NO2. The lowest BCUT2D eigenvalue weighted by molar-refractivity contribution is -0.181. The van der Waals surface area contributed by atoms with E-state index in [1.165, 1.54) is 0 Å². The van der Waals surface area contributed by atoms with Gasteiger partial charge in [-0.2, -0.15) is 5.06 Å². The molecule has 0 aliphatic carbocycles. The van der Waals surface area contributed by atoms with E-state index in [-0.39, 0.29) is 5.78 Å². The fourth-order valence-electron chi connectivity index (χ4n) is 2.84. The topological polar surface area (TPSA) is 29.5 Å². The summed E-state index contributed by atoms with van der Waals surface area (Å²) in [6.07, 6.45) is 4.69. The fourth-order valence-corrected chi connectivity index (χ4v) is 2.84. The van der Waals surface area contributed by atoms with Crippen molar-refractivity contribution in [2.45, 2.75) is 19.3 Å². The molecule has 0 bridgehead atoms. The molecule has 3 nitrogen and oxygen atoms in total. The molecule has 2 aromatic carbocycles. The van der Waals surface area contributed by atoms with Crippen LogP contribution in [0.3, 0.4) is 0 Å². The highest BCUT2D eigenvalue weighted by Gasteiger charge is 2.16. The fraction of sp³-hybridized carbons (Fsp3) is 0.286. The molecule has 0 N–H and O–H groups in total. The average Bonchev–Trinajstić information content (AvgIpc) is 2.66. The van der Waals surface area contributed by atoms with Gasteiger partial charge in [-0.3, -0.25) is 9.63 Å². The van der Waals surface area contributed by atoms with E-state index in [0.29, 0.717) is 13.0 Å². The zero-order chi connectivity index (χ0) is 16.6. The van der Waals surface area contributed by atoms with Gasteiger partial charge in [0.2, 0.25) is 0 Å². The van der Waals surface area contributed by atoms with Gasteiger partial charge < -0.3 is 0 Å². The summed E-state index contributed by atoms with van der Waals surface area (Å²) in [5.74, 6) is 0.152. The molecule has 0 atom stereocenters. The van der Waals surface area contributed by atoms with Gasteiger partial charge in [0.25, 0.3) is 0 Å². The van der Waals surface area contributed by atoms with E-state index in [1.807, 2.05) is 71.8 Å². The third-order valence-corrected chi connectivity index (χ3v) is 4.16. The van der Waals surface area contributed by atoms with Gasteiger partial charge >= 0.3 is 0 Å². The van der Waals surface area contributed by atoms with Crippen LogP contribution in [0.2, 0.25) is 0 Å². The minimum Gasteiger partial charge on any atom is -0.299 e. The number of ketones is 1. The summed E-state index contributed by atoms with van der Waals surface area (Å²) < 4.78 is 0. The molecule has 3 rings (SSSR count).